The summed E-state index contributed by atoms with van der Waals surface area (Å²) in [6.45, 7) is 2.65. The molecule has 132 valence electrons. The van der Waals surface area contributed by atoms with Crippen LogP contribution < -0.4 is 10.6 Å². The van der Waals surface area contributed by atoms with E-state index in [1.165, 1.54) is 5.56 Å². The fraction of sp³-hybridized carbons (Fsp3) is 0.150. The number of amides is 1. The van der Waals surface area contributed by atoms with Gasteiger partial charge < -0.3 is 10.6 Å². The van der Waals surface area contributed by atoms with Gasteiger partial charge in [0.05, 0.1) is 0 Å². The number of carbonyl (C=O) groups is 1. The fourth-order valence-corrected chi connectivity index (χ4v) is 2.56. The third-order valence-electron chi connectivity index (χ3n) is 3.92. The van der Waals surface area contributed by atoms with Crippen molar-refractivity contribution in [1.82, 2.24) is 10.2 Å². The summed E-state index contributed by atoms with van der Waals surface area (Å²) in [5, 5.41) is 14.8. The fourth-order valence-electron chi connectivity index (χ4n) is 2.43. The van der Waals surface area contributed by atoms with Gasteiger partial charge in [-0.25, -0.2) is 0 Å². The van der Waals surface area contributed by atoms with Gasteiger partial charge in [0.2, 0.25) is 0 Å². The van der Waals surface area contributed by atoms with E-state index in [9.17, 15) is 4.79 Å². The maximum absolute atomic E-state index is 12.3. The van der Waals surface area contributed by atoms with Crippen LogP contribution >= 0.6 is 11.6 Å². The average molecular weight is 367 g/mol. The van der Waals surface area contributed by atoms with Gasteiger partial charge in [-0.05, 0) is 54.8 Å². The van der Waals surface area contributed by atoms with Crippen molar-refractivity contribution in [1.29, 1.82) is 0 Å². The summed E-state index contributed by atoms with van der Waals surface area (Å²) in [5.41, 5.74) is 3.22. The number of para-hydroxylation sites is 1. The molecule has 26 heavy (non-hydrogen) atoms. The van der Waals surface area contributed by atoms with Crippen LogP contribution in [-0.4, -0.2) is 22.6 Å². The minimum absolute atomic E-state index is 0.275. The second-order valence-corrected chi connectivity index (χ2v) is 6.31. The summed E-state index contributed by atoms with van der Waals surface area (Å²) in [6.07, 6.45) is 0.842. The van der Waals surface area contributed by atoms with Gasteiger partial charge in [0.1, 0.15) is 5.82 Å². The zero-order valence-corrected chi connectivity index (χ0v) is 15.1. The third-order valence-corrected chi connectivity index (χ3v) is 4.18. The van der Waals surface area contributed by atoms with E-state index >= 15 is 0 Å². The molecule has 2 N–H and O–H groups in total. The summed E-state index contributed by atoms with van der Waals surface area (Å²) in [4.78, 5) is 12.3. The molecule has 3 rings (SSSR count). The van der Waals surface area contributed by atoms with Crippen molar-refractivity contribution in [3.05, 3.63) is 82.5 Å². The summed E-state index contributed by atoms with van der Waals surface area (Å²) in [6, 6.07) is 18.7. The highest BCUT2D eigenvalue weighted by Crippen LogP contribution is 2.14. The lowest BCUT2D eigenvalue weighted by molar-refractivity contribution is 0.102. The Hall–Kier alpha value is -2.92. The second-order valence-electron chi connectivity index (χ2n) is 5.88. The van der Waals surface area contributed by atoms with Gasteiger partial charge in [0, 0.05) is 17.3 Å². The number of aryl methyl sites for hydroxylation is 1. The first kappa shape index (κ1) is 17.9. The zero-order chi connectivity index (χ0) is 18.4. The number of carbonyl (C=O) groups excluding carboxylic acids is 1. The van der Waals surface area contributed by atoms with E-state index in [1.54, 1.807) is 12.1 Å². The van der Waals surface area contributed by atoms with Crippen molar-refractivity contribution in [2.24, 2.45) is 0 Å². The van der Waals surface area contributed by atoms with Gasteiger partial charge in [-0.3, -0.25) is 4.79 Å². The van der Waals surface area contributed by atoms with E-state index < -0.39 is 0 Å². The van der Waals surface area contributed by atoms with E-state index in [4.69, 9.17) is 11.6 Å². The van der Waals surface area contributed by atoms with E-state index in [-0.39, 0.29) is 11.6 Å². The molecule has 1 amide bonds. The van der Waals surface area contributed by atoms with Crippen molar-refractivity contribution < 1.29 is 4.79 Å². The molecule has 6 heteroatoms. The number of halogens is 1. The van der Waals surface area contributed by atoms with Gasteiger partial charge in [-0.2, -0.15) is 0 Å². The highest BCUT2D eigenvalue weighted by atomic mass is 35.5. The second kappa shape index (κ2) is 8.45. The lowest BCUT2D eigenvalue weighted by Gasteiger charge is -2.08. The van der Waals surface area contributed by atoms with Crippen molar-refractivity contribution >= 4 is 29.0 Å². The molecule has 0 saturated carbocycles. The van der Waals surface area contributed by atoms with Crippen LogP contribution in [0.15, 0.2) is 60.7 Å². The van der Waals surface area contributed by atoms with Gasteiger partial charge in [-0.15, -0.1) is 10.2 Å². The molecule has 3 aromatic rings. The smallest absolute Gasteiger partial charge is 0.276 e. The quantitative estimate of drug-likeness (QED) is 0.680. The van der Waals surface area contributed by atoms with E-state index in [2.05, 4.69) is 20.8 Å². The van der Waals surface area contributed by atoms with E-state index in [0.717, 1.165) is 22.7 Å². The molecule has 1 heterocycles. The van der Waals surface area contributed by atoms with Crippen LogP contribution in [0.2, 0.25) is 5.02 Å². The number of aromatic nitrogens is 2. The van der Waals surface area contributed by atoms with Crippen LogP contribution in [0.3, 0.4) is 0 Å². The Morgan fingerprint density at radius 2 is 1.77 bits per heavy atom. The minimum Gasteiger partial charge on any atom is -0.368 e. The first-order chi connectivity index (χ1) is 12.6. The molecular formula is C20H19ClN4O. The summed E-state index contributed by atoms with van der Waals surface area (Å²) >= 11 is 5.88. The van der Waals surface area contributed by atoms with Gasteiger partial charge in [-0.1, -0.05) is 41.9 Å². The SMILES string of the molecule is Cc1ccccc1NC(=O)c1ccc(NCCc2ccc(Cl)cc2)nn1. The molecule has 1 aromatic heterocycles. The molecular weight excluding hydrogens is 348 g/mol. The molecule has 0 unspecified atom stereocenters. The number of rotatable bonds is 6. The van der Waals surface area contributed by atoms with Crippen LogP contribution in [0, 0.1) is 6.92 Å². The molecule has 0 saturated heterocycles. The van der Waals surface area contributed by atoms with Crippen LogP contribution in [0.4, 0.5) is 11.5 Å². The van der Waals surface area contributed by atoms with Crippen LogP contribution in [0.1, 0.15) is 21.6 Å². The van der Waals surface area contributed by atoms with Crippen LogP contribution in [-0.2, 0) is 6.42 Å². The Balaban J connectivity index is 1.53. The number of nitrogens with zero attached hydrogens (tertiary/aromatic N) is 2. The van der Waals surface area contributed by atoms with Crippen LogP contribution in [0.5, 0.6) is 0 Å². The van der Waals surface area contributed by atoms with E-state index in [1.807, 2.05) is 55.5 Å². The van der Waals surface area contributed by atoms with Crippen molar-refractivity contribution in [2.45, 2.75) is 13.3 Å². The van der Waals surface area contributed by atoms with E-state index in [0.29, 0.717) is 12.4 Å². The molecule has 0 atom stereocenters. The summed E-state index contributed by atoms with van der Waals surface area (Å²) in [5.74, 6) is 0.353. The Morgan fingerprint density at radius 3 is 2.46 bits per heavy atom. The summed E-state index contributed by atoms with van der Waals surface area (Å²) in [7, 11) is 0. The first-order valence-electron chi connectivity index (χ1n) is 8.31. The zero-order valence-electron chi connectivity index (χ0n) is 14.4. The molecule has 2 aromatic carbocycles. The summed E-state index contributed by atoms with van der Waals surface area (Å²) < 4.78 is 0. The molecule has 5 nitrogen and oxygen atoms in total. The number of hydrogen-bond acceptors (Lipinski definition) is 4. The van der Waals surface area contributed by atoms with Gasteiger partial charge in [0.15, 0.2) is 5.69 Å². The molecule has 0 aliphatic heterocycles. The Morgan fingerprint density at radius 1 is 1.00 bits per heavy atom. The predicted molar refractivity (Wildman–Crippen MR) is 105 cm³/mol. The molecule has 0 fully saturated rings. The van der Waals surface area contributed by atoms with Crippen molar-refractivity contribution in [3.63, 3.8) is 0 Å². The highest BCUT2D eigenvalue weighted by Gasteiger charge is 2.09. The Labute approximate surface area is 157 Å². The Bertz CT molecular complexity index is 879. The number of benzene rings is 2. The topological polar surface area (TPSA) is 66.9 Å². The lowest BCUT2D eigenvalue weighted by Crippen LogP contribution is -2.15. The minimum atomic E-state index is -0.278. The monoisotopic (exact) mass is 366 g/mol. The largest absolute Gasteiger partial charge is 0.368 e. The van der Waals surface area contributed by atoms with Crippen LogP contribution in [0.25, 0.3) is 0 Å². The Kier molecular flexibility index (Phi) is 5.81. The standard InChI is InChI=1S/C20H19ClN4O/c1-14-4-2-3-5-17(14)23-20(26)18-10-11-19(25-24-18)22-13-12-15-6-8-16(21)9-7-15/h2-11H,12-13H2,1H3,(H,22,25)(H,23,26). The maximum atomic E-state index is 12.3. The first-order valence-corrected chi connectivity index (χ1v) is 8.68. The number of anilines is 2. The molecule has 0 bridgehead atoms. The number of nitrogens with one attached hydrogen (secondary N) is 2. The number of hydrogen-bond donors (Lipinski definition) is 2. The maximum Gasteiger partial charge on any atom is 0.276 e. The highest BCUT2D eigenvalue weighted by molar-refractivity contribution is 6.30. The van der Waals surface area contributed by atoms with Gasteiger partial charge >= 0.3 is 0 Å². The predicted octanol–water partition coefficient (Wildman–Crippen LogP) is 4.35. The average Bonchev–Trinajstić information content (AvgIpc) is 2.66. The van der Waals surface area contributed by atoms with Gasteiger partial charge in [0.25, 0.3) is 5.91 Å². The van der Waals surface area contributed by atoms with Crippen molar-refractivity contribution in [2.75, 3.05) is 17.2 Å². The molecule has 0 aliphatic rings. The molecule has 0 radical (unpaired) electrons. The third kappa shape index (κ3) is 4.80. The van der Waals surface area contributed by atoms with Crippen molar-refractivity contribution in [3.8, 4) is 0 Å². The molecule has 0 aliphatic carbocycles. The molecule has 0 spiro atoms. The lowest BCUT2D eigenvalue weighted by atomic mass is 10.1. The normalized spacial score (nSPS) is 10.4.